The van der Waals surface area contributed by atoms with Crippen LogP contribution in [0.4, 0.5) is 0 Å². The predicted molar refractivity (Wildman–Crippen MR) is 45.6 cm³/mol. The minimum Gasteiger partial charge on any atom is -0.0999 e. The average Bonchev–Trinajstić information content (AvgIpc) is 1.88. The zero-order valence-electron chi connectivity index (χ0n) is 6.90. The Morgan fingerprint density at radius 3 is 2.10 bits per heavy atom. The average molecular weight is 137 g/mol. The van der Waals surface area contributed by atoms with E-state index in [1.165, 1.54) is 31.3 Å². The molecule has 0 saturated heterocycles. The van der Waals surface area contributed by atoms with Crippen molar-refractivity contribution in [3.05, 3.63) is 19.1 Å². The Hall–Kier alpha value is -0.260. The second-order valence-electron chi connectivity index (χ2n) is 3.56. The highest BCUT2D eigenvalue weighted by atomic mass is 14.2. The molecule has 1 rings (SSSR count). The van der Waals surface area contributed by atoms with Gasteiger partial charge < -0.3 is 0 Å². The first-order chi connectivity index (χ1) is 4.70. The quantitative estimate of drug-likeness (QED) is 0.487. The van der Waals surface area contributed by atoms with Crippen molar-refractivity contribution >= 4 is 0 Å². The van der Waals surface area contributed by atoms with Gasteiger partial charge in [-0.3, -0.25) is 0 Å². The van der Waals surface area contributed by atoms with E-state index in [-0.39, 0.29) is 0 Å². The molecule has 0 aromatic rings. The topological polar surface area (TPSA) is 0 Å². The zero-order valence-corrected chi connectivity index (χ0v) is 6.90. The van der Waals surface area contributed by atoms with Gasteiger partial charge in [-0.05, 0) is 44.4 Å². The molecular formula is C10H17. The molecule has 0 nitrogen and oxygen atoms in total. The Labute approximate surface area is 64.3 Å². The Morgan fingerprint density at radius 2 is 1.70 bits per heavy atom. The molecule has 1 aliphatic carbocycles. The predicted octanol–water partition coefficient (Wildman–Crippen LogP) is 3.20. The summed E-state index contributed by atoms with van der Waals surface area (Å²) in [4.78, 5) is 0. The Morgan fingerprint density at radius 1 is 1.20 bits per heavy atom. The van der Waals surface area contributed by atoms with Crippen molar-refractivity contribution in [3.63, 3.8) is 0 Å². The lowest BCUT2D eigenvalue weighted by molar-refractivity contribution is 0.343. The van der Waals surface area contributed by atoms with Crippen LogP contribution in [0.3, 0.4) is 0 Å². The monoisotopic (exact) mass is 137 g/mol. The molecule has 0 spiro atoms. The van der Waals surface area contributed by atoms with E-state index in [0.717, 1.165) is 11.8 Å². The van der Waals surface area contributed by atoms with Gasteiger partial charge in [0.05, 0.1) is 0 Å². The molecule has 0 heteroatoms. The minimum atomic E-state index is 0.718. The Kier molecular flexibility index (Phi) is 2.53. The van der Waals surface area contributed by atoms with Gasteiger partial charge in [0, 0.05) is 0 Å². The molecule has 1 aliphatic rings. The first-order valence-corrected chi connectivity index (χ1v) is 4.18. The lowest BCUT2D eigenvalue weighted by atomic mass is 9.80. The largest absolute Gasteiger partial charge is 0.0999 e. The fourth-order valence-electron chi connectivity index (χ4n) is 1.66. The Balaban J connectivity index is 2.33. The highest BCUT2D eigenvalue weighted by Crippen LogP contribution is 2.31. The molecule has 0 aromatic heterocycles. The summed E-state index contributed by atoms with van der Waals surface area (Å²) in [5.74, 6) is 1.52. The van der Waals surface area contributed by atoms with Crippen molar-refractivity contribution in [2.24, 2.45) is 11.8 Å². The number of rotatable bonds is 1. The second-order valence-corrected chi connectivity index (χ2v) is 3.56. The number of allylic oxidation sites excluding steroid dienone is 1. The van der Waals surface area contributed by atoms with Gasteiger partial charge >= 0.3 is 0 Å². The lowest BCUT2D eigenvalue weighted by Gasteiger charge is -2.26. The third-order valence-corrected chi connectivity index (χ3v) is 2.54. The van der Waals surface area contributed by atoms with Gasteiger partial charge in [-0.1, -0.05) is 19.1 Å². The molecule has 0 aromatic carbocycles. The smallest absolute Gasteiger partial charge is 0.0208 e. The maximum Gasteiger partial charge on any atom is -0.0208 e. The Bertz CT molecular complexity index is 116. The molecule has 0 bridgehead atoms. The molecule has 0 aliphatic heterocycles. The van der Waals surface area contributed by atoms with Crippen LogP contribution in [0.15, 0.2) is 12.2 Å². The van der Waals surface area contributed by atoms with Crippen molar-refractivity contribution in [3.8, 4) is 0 Å². The third-order valence-electron chi connectivity index (χ3n) is 2.54. The standard InChI is InChI=1S/C10H17/c1-8(2)10-6-4-9(3)5-7-10/h9-10H,1,3-7H2,2H3. The van der Waals surface area contributed by atoms with Gasteiger partial charge in [-0.15, -0.1) is 0 Å². The molecule has 10 heavy (non-hydrogen) atoms. The van der Waals surface area contributed by atoms with Crippen molar-refractivity contribution in [2.45, 2.75) is 32.6 Å². The normalized spacial score (nSPS) is 33.8. The van der Waals surface area contributed by atoms with Crippen molar-refractivity contribution in [2.75, 3.05) is 0 Å². The van der Waals surface area contributed by atoms with Gasteiger partial charge in [-0.2, -0.15) is 0 Å². The molecule has 57 valence electrons. The van der Waals surface area contributed by atoms with Crippen LogP contribution in [0.2, 0.25) is 0 Å². The number of hydrogen-bond acceptors (Lipinski definition) is 0. The molecular weight excluding hydrogens is 120 g/mol. The highest BCUT2D eigenvalue weighted by Gasteiger charge is 2.17. The van der Waals surface area contributed by atoms with E-state index in [9.17, 15) is 0 Å². The van der Waals surface area contributed by atoms with Crippen LogP contribution in [-0.2, 0) is 0 Å². The van der Waals surface area contributed by atoms with Crippen LogP contribution in [-0.4, -0.2) is 0 Å². The van der Waals surface area contributed by atoms with Gasteiger partial charge in [0.1, 0.15) is 0 Å². The van der Waals surface area contributed by atoms with Crippen LogP contribution in [0, 0.1) is 18.8 Å². The summed E-state index contributed by atoms with van der Waals surface area (Å²) in [6, 6.07) is 0. The summed E-state index contributed by atoms with van der Waals surface area (Å²) in [5, 5.41) is 0. The van der Waals surface area contributed by atoms with E-state index in [4.69, 9.17) is 0 Å². The zero-order chi connectivity index (χ0) is 7.56. The molecule has 1 radical (unpaired) electrons. The summed E-state index contributed by atoms with van der Waals surface area (Å²) in [5.41, 5.74) is 1.37. The summed E-state index contributed by atoms with van der Waals surface area (Å²) in [6.45, 7) is 10.2. The summed E-state index contributed by atoms with van der Waals surface area (Å²) in [6.07, 6.45) is 5.25. The molecule has 0 unspecified atom stereocenters. The van der Waals surface area contributed by atoms with Crippen molar-refractivity contribution < 1.29 is 0 Å². The molecule has 0 atom stereocenters. The molecule has 1 saturated carbocycles. The van der Waals surface area contributed by atoms with Gasteiger partial charge in [0.25, 0.3) is 0 Å². The van der Waals surface area contributed by atoms with Crippen LogP contribution in [0.5, 0.6) is 0 Å². The maximum absolute atomic E-state index is 4.06. The van der Waals surface area contributed by atoms with Crippen molar-refractivity contribution in [1.29, 1.82) is 0 Å². The fourth-order valence-corrected chi connectivity index (χ4v) is 1.66. The lowest BCUT2D eigenvalue weighted by Crippen LogP contribution is -2.12. The van der Waals surface area contributed by atoms with E-state index < -0.39 is 0 Å². The molecule has 0 N–H and O–H groups in total. The number of hydrogen-bond donors (Lipinski definition) is 0. The fraction of sp³-hybridized carbons (Fsp3) is 0.700. The highest BCUT2D eigenvalue weighted by molar-refractivity contribution is 4.97. The molecule has 0 heterocycles. The van der Waals surface area contributed by atoms with Crippen LogP contribution < -0.4 is 0 Å². The van der Waals surface area contributed by atoms with Crippen molar-refractivity contribution in [1.82, 2.24) is 0 Å². The van der Waals surface area contributed by atoms with E-state index in [0.29, 0.717) is 0 Å². The summed E-state index contributed by atoms with van der Waals surface area (Å²) < 4.78 is 0. The first-order valence-electron chi connectivity index (χ1n) is 4.18. The summed E-state index contributed by atoms with van der Waals surface area (Å²) in [7, 11) is 0. The van der Waals surface area contributed by atoms with E-state index in [2.05, 4.69) is 20.4 Å². The van der Waals surface area contributed by atoms with Gasteiger partial charge in [-0.25, -0.2) is 0 Å². The summed E-state index contributed by atoms with van der Waals surface area (Å²) >= 11 is 0. The first kappa shape index (κ1) is 7.84. The second kappa shape index (κ2) is 3.23. The minimum absolute atomic E-state index is 0.718. The van der Waals surface area contributed by atoms with E-state index in [1.807, 2.05) is 0 Å². The SMILES string of the molecule is [CH2]C1CCC(C(=C)C)CC1. The van der Waals surface area contributed by atoms with Crippen LogP contribution >= 0.6 is 0 Å². The van der Waals surface area contributed by atoms with E-state index in [1.54, 1.807) is 0 Å². The maximum atomic E-state index is 4.06. The van der Waals surface area contributed by atoms with Gasteiger partial charge in [0.15, 0.2) is 0 Å². The molecule has 0 amide bonds. The van der Waals surface area contributed by atoms with Crippen LogP contribution in [0.25, 0.3) is 0 Å². The molecule has 1 fully saturated rings. The van der Waals surface area contributed by atoms with Gasteiger partial charge in [0.2, 0.25) is 0 Å². The third kappa shape index (κ3) is 1.86. The van der Waals surface area contributed by atoms with Crippen LogP contribution in [0.1, 0.15) is 32.6 Å². The van der Waals surface area contributed by atoms with E-state index >= 15 is 0 Å².